The minimum Gasteiger partial charge on any atom is -0.103 e. The van der Waals surface area contributed by atoms with E-state index >= 15 is 0 Å². The molecule has 9 aliphatic carbocycles. The zero-order valence-electron chi connectivity index (χ0n) is 22.7. The van der Waals surface area contributed by atoms with E-state index in [0.717, 1.165) is 41.4 Å². The monoisotopic (exact) mass is 458 g/mol. The van der Waals surface area contributed by atoms with Crippen molar-refractivity contribution in [2.24, 2.45) is 136 Å². The van der Waals surface area contributed by atoms with Gasteiger partial charge in [-0.05, 0) is 149 Å². The summed E-state index contributed by atoms with van der Waals surface area (Å²) in [6, 6.07) is 0. The Morgan fingerprint density at radius 3 is 1.53 bits per heavy atom. The molecule has 9 aliphatic rings. The van der Waals surface area contributed by atoms with E-state index in [0.29, 0.717) is 0 Å². The molecule has 22 atom stereocenters. The number of allylic oxidation sites excluding steroid dienone is 1. The van der Waals surface area contributed by atoms with E-state index in [1.165, 1.54) is 114 Å². The SMILES string of the molecule is C=CC(C)CCCC1C(C)C2C1C1C2C2C1C1C2C2C3C4C5C(C(C)C(C)C(C)C)C5C4C3C12. The van der Waals surface area contributed by atoms with Crippen molar-refractivity contribution in [2.45, 2.75) is 60.8 Å². The van der Waals surface area contributed by atoms with Crippen LogP contribution < -0.4 is 0 Å². The highest BCUT2D eigenvalue weighted by molar-refractivity contribution is 5.40. The Labute approximate surface area is 209 Å². The number of fused-ring (bicyclic) bond motifs is 22. The van der Waals surface area contributed by atoms with Crippen molar-refractivity contribution in [2.75, 3.05) is 0 Å². The van der Waals surface area contributed by atoms with E-state index in [1.54, 1.807) is 0 Å². The first-order valence-corrected chi connectivity index (χ1v) is 16.0. The standard InChI is InChI=1S/C34H50/c1-8-13(4)10-9-11-17-16(7)19-20(17)24-23(19)27-28(24)32-31(27)33-29-25-21-18(15(6)14(5)12(2)3)22(21)26(25)30(29)34(32)33/h8,12-34H,1,9-11H2,2-7H3. The molecule has 0 N–H and O–H groups in total. The van der Waals surface area contributed by atoms with Gasteiger partial charge >= 0.3 is 0 Å². The van der Waals surface area contributed by atoms with E-state index < -0.39 is 0 Å². The molecule has 22 unspecified atom stereocenters. The molecule has 186 valence electrons. The second-order valence-electron chi connectivity index (χ2n) is 16.4. The fraction of sp³-hybridized carbons (Fsp3) is 0.941. The summed E-state index contributed by atoms with van der Waals surface area (Å²) in [7, 11) is 0. The lowest BCUT2D eigenvalue weighted by Gasteiger charge is -2.94. The molecule has 9 saturated carbocycles. The minimum atomic E-state index is 0.722. The summed E-state index contributed by atoms with van der Waals surface area (Å²) in [5.74, 6) is 26.5. The lowest BCUT2D eigenvalue weighted by atomic mass is 9.10. The largest absolute Gasteiger partial charge is 0.103 e. The summed E-state index contributed by atoms with van der Waals surface area (Å²) < 4.78 is 0. The van der Waals surface area contributed by atoms with Crippen LogP contribution in [0.2, 0.25) is 0 Å². The summed E-state index contributed by atoms with van der Waals surface area (Å²) in [5.41, 5.74) is 0. The fourth-order valence-corrected chi connectivity index (χ4v) is 14.8. The molecule has 0 aromatic heterocycles. The minimum absolute atomic E-state index is 0.722. The van der Waals surface area contributed by atoms with Gasteiger partial charge in [-0.3, -0.25) is 0 Å². The zero-order chi connectivity index (χ0) is 23.1. The molecular formula is C34H50. The average Bonchev–Trinajstić information content (AvgIpc) is 3.43. The maximum Gasteiger partial charge on any atom is -0.0265 e. The molecule has 34 heavy (non-hydrogen) atoms. The number of hydrogen-bond acceptors (Lipinski definition) is 0. The van der Waals surface area contributed by atoms with Gasteiger partial charge in [-0.25, -0.2) is 0 Å². The van der Waals surface area contributed by atoms with Crippen molar-refractivity contribution in [3.8, 4) is 0 Å². The van der Waals surface area contributed by atoms with Crippen molar-refractivity contribution >= 4 is 0 Å². The van der Waals surface area contributed by atoms with Crippen LogP contribution in [0.5, 0.6) is 0 Å². The quantitative estimate of drug-likeness (QED) is 0.257. The second kappa shape index (κ2) is 6.23. The maximum atomic E-state index is 4.01. The van der Waals surface area contributed by atoms with E-state index in [4.69, 9.17) is 0 Å². The molecule has 0 nitrogen and oxygen atoms in total. The van der Waals surface area contributed by atoms with Crippen molar-refractivity contribution in [3.05, 3.63) is 12.7 Å². The molecule has 9 rings (SSSR count). The molecule has 0 aromatic carbocycles. The fourth-order valence-electron chi connectivity index (χ4n) is 14.8. The van der Waals surface area contributed by atoms with Crippen LogP contribution in [0.1, 0.15) is 60.8 Å². The highest BCUT2D eigenvalue weighted by atomic mass is 15.0. The van der Waals surface area contributed by atoms with Gasteiger partial charge in [0.05, 0.1) is 0 Å². The molecule has 0 heterocycles. The van der Waals surface area contributed by atoms with Crippen LogP contribution in [0.4, 0.5) is 0 Å². The van der Waals surface area contributed by atoms with Gasteiger partial charge in [-0.2, -0.15) is 0 Å². The van der Waals surface area contributed by atoms with E-state index in [9.17, 15) is 0 Å². The van der Waals surface area contributed by atoms with Gasteiger partial charge < -0.3 is 0 Å². The molecule has 0 saturated heterocycles. The predicted molar refractivity (Wildman–Crippen MR) is 138 cm³/mol. The van der Waals surface area contributed by atoms with Gasteiger partial charge in [-0.15, -0.1) is 6.58 Å². The van der Waals surface area contributed by atoms with Crippen LogP contribution in [0.25, 0.3) is 0 Å². The third-order valence-corrected chi connectivity index (χ3v) is 16.4. The lowest BCUT2D eigenvalue weighted by molar-refractivity contribution is -0.477. The van der Waals surface area contributed by atoms with Crippen LogP contribution in [0, 0.1) is 136 Å². The number of rotatable bonds is 8. The Kier molecular flexibility index (Phi) is 3.81. The van der Waals surface area contributed by atoms with Crippen LogP contribution in [-0.4, -0.2) is 0 Å². The Hall–Kier alpha value is -0.260. The van der Waals surface area contributed by atoms with E-state index in [1.807, 2.05) is 0 Å². The van der Waals surface area contributed by atoms with Crippen LogP contribution in [0.15, 0.2) is 12.7 Å². The summed E-state index contributed by atoms with van der Waals surface area (Å²) in [5, 5.41) is 0. The van der Waals surface area contributed by atoms with Crippen molar-refractivity contribution in [1.82, 2.24) is 0 Å². The Morgan fingerprint density at radius 1 is 0.618 bits per heavy atom. The lowest BCUT2D eigenvalue weighted by Crippen LogP contribution is -2.91. The van der Waals surface area contributed by atoms with E-state index in [-0.39, 0.29) is 0 Å². The topological polar surface area (TPSA) is 0 Å². The van der Waals surface area contributed by atoms with Crippen molar-refractivity contribution in [3.63, 3.8) is 0 Å². The molecule has 0 amide bonds. The third kappa shape index (κ3) is 1.90. The molecule has 0 aromatic rings. The van der Waals surface area contributed by atoms with Gasteiger partial charge in [0.25, 0.3) is 0 Å². The molecule has 0 radical (unpaired) electrons. The zero-order valence-corrected chi connectivity index (χ0v) is 22.7. The first kappa shape index (κ1) is 20.8. The molecule has 0 spiro atoms. The summed E-state index contributed by atoms with van der Waals surface area (Å²) >= 11 is 0. The average molecular weight is 459 g/mol. The van der Waals surface area contributed by atoms with Gasteiger partial charge in [0, 0.05) is 0 Å². The van der Waals surface area contributed by atoms with Crippen LogP contribution in [0.3, 0.4) is 0 Å². The highest BCUT2D eigenvalue weighted by Crippen LogP contribution is 2.96. The first-order valence-electron chi connectivity index (χ1n) is 16.0. The Morgan fingerprint density at radius 2 is 1.06 bits per heavy atom. The third-order valence-electron chi connectivity index (χ3n) is 16.4. The summed E-state index contributed by atoms with van der Waals surface area (Å²) in [6.07, 6.45) is 6.54. The molecule has 0 heteroatoms. The second-order valence-corrected chi connectivity index (χ2v) is 16.4. The first-order chi connectivity index (χ1) is 16.4. The van der Waals surface area contributed by atoms with Gasteiger partial charge in [0.2, 0.25) is 0 Å². The maximum absolute atomic E-state index is 4.01. The predicted octanol–water partition coefficient (Wildman–Crippen LogP) is 7.76. The highest BCUT2D eigenvalue weighted by Gasteiger charge is 2.93. The van der Waals surface area contributed by atoms with Gasteiger partial charge in [0.15, 0.2) is 0 Å². The Bertz CT molecular complexity index is 930. The normalized spacial score (nSPS) is 67.8. The smallest absolute Gasteiger partial charge is 0.0265 e. The van der Waals surface area contributed by atoms with Crippen LogP contribution >= 0.6 is 0 Å². The van der Waals surface area contributed by atoms with Crippen molar-refractivity contribution in [1.29, 1.82) is 0 Å². The number of hydrogen-bond donors (Lipinski definition) is 0. The summed E-state index contributed by atoms with van der Waals surface area (Å²) in [6.45, 7) is 19.1. The van der Waals surface area contributed by atoms with Gasteiger partial charge in [0.1, 0.15) is 0 Å². The van der Waals surface area contributed by atoms with E-state index in [2.05, 4.69) is 54.2 Å². The van der Waals surface area contributed by atoms with Crippen LogP contribution in [-0.2, 0) is 0 Å². The molecule has 0 bridgehead atoms. The summed E-state index contributed by atoms with van der Waals surface area (Å²) in [4.78, 5) is 0. The molecular weight excluding hydrogens is 408 g/mol. The molecule has 9 fully saturated rings. The van der Waals surface area contributed by atoms with Gasteiger partial charge in [-0.1, -0.05) is 54.0 Å². The van der Waals surface area contributed by atoms with Crippen molar-refractivity contribution < 1.29 is 0 Å². The Balaban J connectivity index is 0.862. The molecule has 0 aliphatic heterocycles.